The first kappa shape index (κ1) is 11.5. The molecule has 0 radical (unpaired) electrons. The van der Waals surface area contributed by atoms with Gasteiger partial charge in [0.05, 0.1) is 26.7 Å². The molecule has 1 rings (SSSR count). The van der Waals surface area contributed by atoms with E-state index in [4.69, 9.17) is 4.74 Å². The molecule has 1 aromatic rings. The third-order valence-electron chi connectivity index (χ3n) is 1.67. The van der Waals surface area contributed by atoms with E-state index in [1.54, 1.807) is 12.5 Å². The van der Waals surface area contributed by atoms with Crippen LogP contribution in [-0.4, -0.2) is 42.6 Å². The average Bonchev–Trinajstić information content (AvgIpc) is 2.75. The molecule has 84 valence electrons. The molecule has 0 atom stereocenters. The monoisotopic (exact) mass is 214 g/mol. The minimum atomic E-state index is -0.687. The molecule has 0 saturated carbocycles. The highest BCUT2D eigenvalue weighted by molar-refractivity contribution is 5.59. The fourth-order valence-corrected chi connectivity index (χ4v) is 0.934. The Hall–Kier alpha value is -1.56. The third-order valence-corrected chi connectivity index (χ3v) is 1.67. The van der Waals surface area contributed by atoms with E-state index in [1.165, 1.54) is 7.11 Å². The fourth-order valence-electron chi connectivity index (χ4n) is 0.934. The van der Waals surface area contributed by atoms with Crippen molar-refractivity contribution in [3.8, 4) is 0 Å². The molecule has 0 bridgehead atoms. The molecule has 0 aliphatic heterocycles. The first-order chi connectivity index (χ1) is 7.33. The van der Waals surface area contributed by atoms with Gasteiger partial charge in [-0.25, -0.2) is 9.78 Å². The molecule has 6 nitrogen and oxygen atoms in total. The Morgan fingerprint density at radius 2 is 2.27 bits per heavy atom. The van der Waals surface area contributed by atoms with Crippen LogP contribution in [0.2, 0.25) is 0 Å². The van der Waals surface area contributed by atoms with Crippen LogP contribution in [0.4, 0.5) is 4.79 Å². The summed E-state index contributed by atoms with van der Waals surface area (Å²) in [6.07, 6.45) is 4.59. The Morgan fingerprint density at radius 3 is 2.93 bits per heavy atom. The number of hydrogen-bond donors (Lipinski definition) is 0. The zero-order valence-corrected chi connectivity index (χ0v) is 8.59. The SMILES string of the molecule is COC(=O)OCCOCCn1ccnc1. The van der Waals surface area contributed by atoms with Crippen molar-refractivity contribution in [2.45, 2.75) is 6.54 Å². The summed E-state index contributed by atoms with van der Waals surface area (Å²) in [6.45, 7) is 1.86. The topological polar surface area (TPSA) is 62.6 Å². The summed E-state index contributed by atoms with van der Waals surface area (Å²) in [6, 6.07) is 0. The molecule has 0 amide bonds. The van der Waals surface area contributed by atoms with Crippen LogP contribution in [-0.2, 0) is 20.8 Å². The number of rotatable bonds is 6. The van der Waals surface area contributed by atoms with Gasteiger partial charge in [-0.3, -0.25) is 0 Å². The lowest BCUT2D eigenvalue weighted by Crippen LogP contribution is -2.12. The molecule has 1 aromatic heterocycles. The molecule has 6 heteroatoms. The van der Waals surface area contributed by atoms with Gasteiger partial charge in [-0.15, -0.1) is 0 Å². The molecule has 0 unspecified atom stereocenters. The number of hydrogen-bond acceptors (Lipinski definition) is 5. The molecular weight excluding hydrogens is 200 g/mol. The van der Waals surface area contributed by atoms with E-state index in [0.29, 0.717) is 13.2 Å². The van der Waals surface area contributed by atoms with Gasteiger partial charge in [0.2, 0.25) is 0 Å². The molecule has 0 spiro atoms. The van der Waals surface area contributed by atoms with Crippen molar-refractivity contribution < 1.29 is 19.0 Å². The van der Waals surface area contributed by atoms with Gasteiger partial charge in [0.15, 0.2) is 0 Å². The second kappa shape index (κ2) is 6.83. The van der Waals surface area contributed by atoms with Crippen LogP contribution in [0.1, 0.15) is 0 Å². The van der Waals surface area contributed by atoms with Gasteiger partial charge in [0.25, 0.3) is 0 Å². The van der Waals surface area contributed by atoms with E-state index in [2.05, 4.69) is 14.5 Å². The first-order valence-corrected chi connectivity index (χ1v) is 4.57. The standard InChI is InChI=1S/C9H14N2O4/c1-13-9(12)15-7-6-14-5-4-11-3-2-10-8-11/h2-3,8H,4-7H2,1H3. The van der Waals surface area contributed by atoms with Crippen LogP contribution >= 0.6 is 0 Å². The van der Waals surface area contributed by atoms with Crippen LogP contribution < -0.4 is 0 Å². The van der Waals surface area contributed by atoms with Crippen LogP contribution in [0.15, 0.2) is 18.7 Å². The molecule has 0 N–H and O–H groups in total. The number of imidazole rings is 1. The minimum absolute atomic E-state index is 0.205. The van der Waals surface area contributed by atoms with Crippen LogP contribution in [0.3, 0.4) is 0 Å². The second-order valence-corrected chi connectivity index (χ2v) is 2.72. The van der Waals surface area contributed by atoms with Gasteiger partial charge >= 0.3 is 6.16 Å². The molecule has 0 aromatic carbocycles. The van der Waals surface area contributed by atoms with Crippen molar-refractivity contribution in [1.29, 1.82) is 0 Å². The summed E-state index contributed by atoms with van der Waals surface area (Å²) in [5.74, 6) is 0. The summed E-state index contributed by atoms with van der Waals surface area (Å²) >= 11 is 0. The molecule has 1 heterocycles. The molecule has 0 aliphatic carbocycles. The van der Waals surface area contributed by atoms with E-state index in [-0.39, 0.29) is 6.61 Å². The Bertz CT molecular complexity index is 274. The zero-order chi connectivity index (χ0) is 10.9. The number of aromatic nitrogens is 2. The van der Waals surface area contributed by atoms with E-state index < -0.39 is 6.16 Å². The molecule has 0 saturated heterocycles. The number of nitrogens with zero attached hydrogens (tertiary/aromatic N) is 2. The van der Waals surface area contributed by atoms with Crippen LogP contribution in [0.25, 0.3) is 0 Å². The van der Waals surface area contributed by atoms with Gasteiger partial charge in [0, 0.05) is 18.9 Å². The van der Waals surface area contributed by atoms with Crippen molar-refractivity contribution >= 4 is 6.16 Å². The van der Waals surface area contributed by atoms with Gasteiger partial charge in [-0.1, -0.05) is 0 Å². The lowest BCUT2D eigenvalue weighted by Gasteiger charge is -2.05. The lowest BCUT2D eigenvalue weighted by molar-refractivity contribution is 0.0359. The van der Waals surface area contributed by atoms with Gasteiger partial charge in [0.1, 0.15) is 6.61 Å². The highest BCUT2D eigenvalue weighted by atomic mass is 16.7. The fraction of sp³-hybridized carbons (Fsp3) is 0.556. The third kappa shape index (κ3) is 5.02. The Balaban J connectivity index is 1.91. The van der Waals surface area contributed by atoms with Crippen molar-refractivity contribution in [2.75, 3.05) is 26.9 Å². The predicted octanol–water partition coefficient (Wildman–Crippen LogP) is 0.683. The summed E-state index contributed by atoms with van der Waals surface area (Å²) in [5.41, 5.74) is 0. The Morgan fingerprint density at radius 1 is 1.40 bits per heavy atom. The van der Waals surface area contributed by atoms with Gasteiger partial charge in [-0.05, 0) is 0 Å². The largest absolute Gasteiger partial charge is 0.508 e. The van der Waals surface area contributed by atoms with Crippen LogP contribution in [0, 0.1) is 0 Å². The second-order valence-electron chi connectivity index (χ2n) is 2.72. The molecule has 15 heavy (non-hydrogen) atoms. The Kier molecular flexibility index (Phi) is 5.24. The summed E-state index contributed by atoms with van der Waals surface area (Å²) in [4.78, 5) is 14.4. The Labute approximate surface area is 87.8 Å². The molecule has 0 aliphatic rings. The van der Waals surface area contributed by atoms with E-state index >= 15 is 0 Å². The predicted molar refractivity (Wildman–Crippen MR) is 51.4 cm³/mol. The highest BCUT2D eigenvalue weighted by Gasteiger charge is 1.98. The van der Waals surface area contributed by atoms with Crippen molar-refractivity contribution in [1.82, 2.24) is 9.55 Å². The number of carbonyl (C=O) groups is 1. The van der Waals surface area contributed by atoms with E-state index in [1.807, 2.05) is 10.8 Å². The number of methoxy groups -OCH3 is 1. The highest BCUT2D eigenvalue weighted by Crippen LogP contribution is 1.87. The summed E-state index contributed by atoms with van der Waals surface area (Å²) in [7, 11) is 1.27. The minimum Gasteiger partial charge on any atom is -0.438 e. The van der Waals surface area contributed by atoms with Crippen molar-refractivity contribution in [2.24, 2.45) is 0 Å². The van der Waals surface area contributed by atoms with Crippen molar-refractivity contribution in [3.05, 3.63) is 18.7 Å². The maximum absolute atomic E-state index is 10.5. The number of carbonyl (C=O) groups excluding carboxylic acids is 1. The first-order valence-electron chi connectivity index (χ1n) is 4.57. The smallest absolute Gasteiger partial charge is 0.438 e. The molecule has 0 fully saturated rings. The molecular formula is C9H14N2O4. The quantitative estimate of drug-likeness (QED) is 0.514. The van der Waals surface area contributed by atoms with E-state index in [0.717, 1.165) is 6.54 Å². The zero-order valence-electron chi connectivity index (χ0n) is 8.59. The summed E-state index contributed by atoms with van der Waals surface area (Å²) in [5, 5.41) is 0. The maximum atomic E-state index is 10.5. The van der Waals surface area contributed by atoms with Crippen molar-refractivity contribution in [3.63, 3.8) is 0 Å². The number of ether oxygens (including phenoxy) is 3. The maximum Gasteiger partial charge on any atom is 0.508 e. The van der Waals surface area contributed by atoms with Gasteiger partial charge in [-0.2, -0.15) is 0 Å². The van der Waals surface area contributed by atoms with Crippen LogP contribution in [0.5, 0.6) is 0 Å². The van der Waals surface area contributed by atoms with E-state index in [9.17, 15) is 4.79 Å². The normalized spacial score (nSPS) is 9.93. The summed E-state index contributed by atoms with van der Waals surface area (Å²) < 4.78 is 16.0. The lowest BCUT2D eigenvalue weighted by atomic mass is 10.6. The average molecular weight is 214 g/mol. The van der Waals surface area contributed by atoms with Gasteiger partial charge < -0.3 is 18.8 Å².